The molecule has 0 aliphatic carbocycles. The van der Waals surface area contributed by atoms with E-state index in [1.165, 1.54) is 0 Å². The molecular weight excluding hydrogens is 511 g/mol. The molecule has 1 aliphatic rings. The Hall–Kier alpha value is -2.50. The highest BCUT2D eigenvalue weighted by atomic mass is 127. The minimum atomic E-state index is -0.247. The fourth-order valence-electron chi connectivity index (χ4n) is 3.22. The predicted molar refractivity (Wildman–Crippen MR) is 131 cm³/mol. The SMILES string of the molecule is CCNC(=NCc1ccn(-c2ccc(OC)cc2)n1)N1CCN(C(=O)OCC)CC1.I. The molecule has 3 rings (SSSR count). The van der Waals surface area contributed by atoms with E-state index in [1.54, 1.807) is 12.0 Å². The fraction of sp³-hybridized carbons (Fsp3) is 0.476. The molecule has 2 aromatic rings. The molecule has 0 spiro atoms. The first-order chi connectivity index (χ1) is 14.6. The minimum absolute atomic E-state index is 0. The van der Waals surface area contributed by atoms with Gasteiger partial charge in [0.1, 0.15) is 5.75 Å². The maximum Gasteiger partial charge on any atom is 0.409 e. The van der Waals surface area contributed by atoms with Gasteiger partial charge in [-0.15, -0.1) is 24.0 Å². The van der Waals surface area contributed by atoms with Crippen molar-refractivity contribution in [2.75, 3.05) is 46.4 Å². The molecule has 1 fully saturated rings. The van der Waals surface area contributed by atoms with Gasteiger partial charge in [0.05, 0.1) is 31.6 Å². The summed E-state index contributed by atoms with van der Waals surface area (Å²) in [6.07, 6.45) is 1.68. The van der Waals surface area contributed by atoms with Crippen molar-refractivity contribution in [2.24, 2.45) is 4.99 Å². The quantitative estimate of drug-likeness (QED) is 0.344. The normalized spacial score (nSPS) is 14.1. The number of nitrogens with one attached hydrogen (secondary N) is 1. The minimum Gasteiger partial charge on any atom is -0.497 e. The van der Waals surface area contributed by atoms with E-state index >= 15 is 0 Å². The third-order valence-corrected chi connectivity index (χ3v) is 4.81. The molecule has 9 nitrogen and oxygen atoms in total. The number of aromatic nitrogens is 2. The molecule has 0 bridgehead atoms. The first-order valence-electron chi connectivity index (χ1n) is 10.3. The molecule has 0 radical (unpaired) electrons. The highest BCUT2D eigenvalue weighted by Gasteiger charge is 2.23. The molecule has 1 aromatic heterocycles. The van der Waals surface area contributed by atoms with Gasteiger partial charge in [-0.1, -0.05) is 0 Å². The molecule has 1 saturated heterocycles. The summed E-state index contributed by atoms with van der Waals surface area (Å²) < 4.78 is 12.1. The summed E-state index contributed by atoms with van der Waals surface area (Å²) in [6, 6.07) is 9.72. The molecule has 1 aliphatic heterocycles. The van der Waals surface area contributed by atoms with E-state index in [1.807, 2.05) is 55.1 Å². The number of carbonyl (C=O) groups excluding carboxylic acids is 1. The van der Waals surface area contributed by atoms with Crippen LogP contribution < -0.4 is 10.1 Å². The molecule has 0 atom stereocenters. The van der Waals surface area contributed by atoms with Crippen molar-refractivity contribution in [3.05, 3.63) is 42.2 Å². The molecule has 0 unspecified atom stereocenters. The smallest absolute Gasteiger partial charge is 0.409 e. The lowest BCUT2D eigenvalue weighted by Crippen LogP contribution is -2.53. The molecule has 170 valence electrons. The van der Waals surface area contributed by atoms with Gasteiger partial charge in [-0.05, 0) is 44.2 Å². The van der Waals surface area contributed by atoms with Crippen molar-refractivity contribution < 1.29 is 14.3 Å². The Kier molecular flexibility index (Phi) is 9.89. The first kappa shape index (κ1) is 24.8. The van der Waals surface area contributed by atoms with E-state index in [9.17, 15) is 4.79 Å². The lowest BCUT2D eigenvalue weighted by Gasteiger charge is -2.35. The third kappa shape index (κ3) is 6.74. The van der Waals surface area contributed by atoms with Gasteiger partial charge in [0, 0.05) is 38.9 Å². The standard InChI is InChI=1S/C21H30N6O3.HI/c1-4-22-20(25-12-14-26(15-13-25)21(28)30-5-2)23-16-17-10-11-27(24-17)18-6-8-19(29-3)9-7-18;/h6-11H,4-5,12-16H2,1-3H3,(H,22,23);1H. The summed E-state index contributed by atoms with van der Waals surface area (Å²) in [4.78, 5) is 20.5. The van der Waals surface area contributed by atoms with Crippen LogP contribution >= 0.6 is 24.0 Å². The number of aliphatic imine (C=N–C) groups is 1. The fourth-order valence-corrected chi connectivity index (χ4v) is 3.22. The zero-order chi connectivity index (χ0) is 21.3. The van der Waals surface area contributed by atoms with Crippen LogP contribution in [0, 0.1) is 0 Å². The summed E-state index contributed by atoms with van der Waals surface area (Å²) >= 11 is 0. The van der Waals surface area contributed by atoms with E-state index in [4.69, 9.17) is 14.5 Å². The van der Waals surface area contributed by atoms with Gasteiger partial charge >= 0.3 is 6.09 Å². The number of halogens is 1. The molecule has 1 amide bonds. The highest BCUT2D eigenvalue weighted by molar-refractivity contribution is 14.0. The van der Waals surface area contributed by atoms with Crippen molar-refractivity contribution in [2.45, 2.75) is 20.4 Å². The Balaban J connectivity index is 0.00000341. The van der Waals surface area contributed by atoms with E-state index in [0.29, 0.717) is 39.3 Å². The van der Waals surface area contributed by atoms with Crippen LogP contribution in [-0.2, 0) is 11.3 Å². The van der Waals surface area contributed by atoms with Gasteiger partial charge in [-0.3, -0.25) is 0 Å². The summed E-state index contributed by atoms with van der Waals surface area (Å²) in [5.74, 6) is 1.65. The second-order valence-electron chi connectivity index (χ2n) is 6.79. The van der Waals surface area contributed by atoms with Crippen LogP contribution in [0.15, 0.2) is 41.5 Å². The Labute approximate surface area is 200 Å². The Morgan fingerprint density at radius 2 is 1.77 bits per heavy atom. The molecule has 2 heterocycles. The molecule has 10 heteroatoms. The Morgan fingerprint density at radius 3 is 2.39 bits per heavy atom. The van der Waals surface area contributed by atoms with Gasteiger partial charge in [0.15, 0.2) is 5.96 Å². The molecule has 1 aromatic carbocycles. The largest absolute Gasteiger partial charge is 0.497 e. The number of guanidine groups is 1. The number of hydrogen-bond donors (Lipinski definition) is 1. The number of ether oxygens (including phenoxy) is 2. The monoisotopic (exact) mass is 542 g/mol. The van der Waals surface area contributed by atoms with Crippen LogP contribution in [0.1, 0.15) is 19.5 Å². The summed E-state index contributed by atoms with van der Waals surface area (Å²) in [5, 5.41) is 7.96. The van der Waals surface area contributed by atoms with Gasteiger partial charge < -0.3 is 24.6 Å². The predicted octanol–water partition coefficient (Wildman–Crippen LogP) is 2.74. The van der Waals surface area contributed by atoms with Gasteiger partial charge in [-0.2, -0.15) is 5.10 Å². The van der Waals surface area contributed by atoms with E-state index < -0.39 is 0 Å². The Bertz CT molecular complexity index is 847. The van der Waals surface area contributed by atoms with Crippen LogP contribution in [-0.4, -0.2) is 78.1 Å². The number of rotatable bonds is 6. The number of amides is 1. The topological polar surface area (TPSA) is 84.2 Å². The van der Waals surface area contributed by atoms with Crippen molar-refractivity contribution in [1.82, 2.24) is 24.9 Å². The van der Waals surface area contributed by atoms with Crippen molar-refractivity contribution in [3.63, 3.8) is 0 Å². The number of nitrogens with zero attached hydrogens (tertiary/aromatic N) is 5. The van der Waals surface area contributed by atoms with Crippen molar-refractivity contribution in [1.29, 1.82) is 0 Å². The highest BCUT2D eigenvalue weighted by Crippen LogP contribution is 2.15. The average Bonchev–Trinajstić information content (AvgIpc) is 3.26. The second-order valence-corrected chi connectivity index (χ2v) is 6.79. The van der Waals surface area contributed by atoms with Crippen LogP contribution in [0.4, 0.5) is 4.79 Å². The number of benzene rings is 1. The average molecular weight is 542 g/mol. The maximum atomic E-state index is 11.9. The van der Waals surface area contributed by atoms with Gasteiger partial charge in [-0.25, -0.2) is 14.5 Å². The van der Waals surface area contributed by atoms with Crippen LogP contribution in [0.25, 0.3) is 5.69 Å². The van der Waals surface area contributed by atoms with E-state index in [-0.39, 0.29) is 30.1 Å². The number of piperazine rings is 1. The lowest BCUT2D eigenvalue weighted by molar-refractivity contribution is 0.0914. The number of carbonyl (C=O) groups is 1. The van der Waals surface area contributed by atoms with Crippen LogP contribution in [0.3, 0.4) is 0 Å². The van der Waals surface area contributed by atoms with Crippen LogP contribution in [0.2, 0.25) is 0 Å². The molecule has 0 saturated carbocycles. The summed E-state index contributed by atoms with van der Waals surface area (Å²) in [5.41, 5.74) is 1.85. The zero-order valence-corrected chi connectivity index (χ0v) is 20.6. The molecular formula is C21H31IN6O3. The lowest BCUT2D eigenvalue weighted by atomic mass is 10.3. The number of hydrogen-bond acceptors (Lipinski definition) is 5. The first-order valence-corrected chi connectivity index (χ1v) is 10.3. The van der Waals surface area contributed by atoms with Gasteiger partial charge in [0.2, 0.25) is 0 Å². The van der Waals surface area contributed by atoms with Crippen molar-refractivity contribution >= 4 is 36.0 Å². The summed E-state index contributed by atoms with van der Waals surface area (Å²) in [7, 11) is 1.65. The van der Waals surface area contributed by atoms with E-state index in [2.05, 4.69) is 15.3 Å². The van der Waals surface area contributed by atoms with Gasteiger partial charge in [0.25, 0.3) is 0 Å². The second kappa shape index (κ2) is 12.4. The maximum absolute atomic E-state index is 11.9. The number of methoxy groups -OCH3 is 1. The molecule has 1 N–H and O–H groups in total. The van der Waals surface area contributed by atoms with Crippen LogP contribution in [0.5, 0.6) is 5.75 Å². The molecule has 31 heavy (non-hydrogen) atoms. The Morgan fingerprint density at radius 1 is 1.10 bits per heavy atom. The van der Waals surface area contributed by atoms with Crippen molar-refractivity contribution in [3.8, 4) is 11.4 Å². The third-order valence-electron chi connectivity index (χ3n) is 4.81. The summed E-state index contributed by atoms with van der Waals surface area (Å²) in [6.45, 7) is 8.18. The van der Waals surface area contributed by atoms with E-state index in [0.717, 1.165) is 29.6 Å². The zero-order valence-electron chi connectivity index (χ0n) is 18.3.